The van der Waals surface area contributed by atoms with Crippen molar-refractivity contribution in [3.8, 4) is 0 Å². The topological polar surface area (TPSA) is 20.2 Å². The molecule has 0 fully saturated rings. The molecular weight excluding hydrogens is 284 g/mol. The van der Waals surface area contributed by atoms with Crippen LogP contribution >= 0.6 is 27.7 Å². The van der Waals surface area contributed by atoms with Crippen LogP contribution in [0.5, 0.6) is 0 Å². The van der Waals surface area contributed by atoms with Crippen molar-refractivity contribution in [3.63, 3.8) is 0 Å². The second-order valence-electron chi connectivity index (χ2n) is 4.39. The number of benzene rings is 1. The van der Waals surface area contributed by atoms with E-state index in [-0.39, 0.29) is 0 Å². The van der Waals surface area contributed by atoms with Crippen LogP contribution in [0.1, 0.15) is 38.9 Å². The van der Waals surface area contributed by atoms with E-state index in [0.29, 0.717) is 0 Å². The summed E-state index contributed by atoms with van der Waals surface area (Å²) in [7, 11) is 0. The molecule has 0 aliphatic rings. The number of hydrogen-bond acceptors (Lipinski definition) is 2. The Bertz CT molecular complexity index is 337. The smallest absolute Gasteiger partial charge is 0.0772 e. The summed E-state index contributed by atoms with van der Waals surface area (Å²) in [6.07, 6.45) is 0.824. The second kappa shape index (κ2) is 6.67. The van der Waals surface area contributed by atoms with E-state index in [2.05, 4.69) is 41.9 Å². The molecule has 0 radical (unpaired) electrons. The van der Waals surface area contributed by atoms with Gasteiger partial charge in [0.15, 0.2) is 0 Å². The van der Waals surface area contributed by atoms with Gasteiger partial charge in [0.05, 0.1) is 6.10 Å². The largest absolute Gasteiger partial charge is 0.389 e. The van der Waals surface area contributed by atoms with Gasteiger partial charge in [-0.3, -0.25) is 0 Å². The highest BCUT2D eigenvalue weighted by Crippen LogP contribution is 2.29. The molecule has 0 heterocycles. The van der Waals surface area contributed by atoms with Gasteiger partial charge >= 0.3 is 0 Å². The van der Waals surface area contributed by atoms with Crippen molar-refractivity contribution >= 4 is 27.7 Å². The summed E-state index contributed by atoms with van der Waals surface area (Å²) >= 11 is 5.37. The molecule has 0 spiro atoms. The maximum absolute atomic E-state index is 9.51. The van der Waals surface area contributed by atoms with Gasteiger partial charge in [0, 0.05) is 9.37 Å². The molecule has 0 aliphatic heterocycles. The number of hydrogen-bond donors (Lipinski definition) is 1. The summed E-state index contributed by atoms with van der Waals surface area (Å²) in [5, 5.41) is 9.51. The summed E-state index contributed by atoms with van der Waals surface area (Å²) < 4.78 is 0.997. The molecule has 0 unspecified atom stereocenters. The Hall–Kier alpha value is 0.01000. The molecule has 0 aliphatic carbocycles. The molecule has 1 aromatic carbocycles. The molecule has 0 bridgehead atoms. The molecule has 1 aromatic rings. The van der Waals surface area contributed by atoms with Gasteiger partial charge in [-0.15, -0.1) is 11.8 Å². The Kier molecular flexibility index (Phi) is 5.87. The zero-order chi connectivity index (χ0) is 12.1. The van der Waals surface area contributed by atoms with E-state index < -0.39 is 6.10 Å². The lowest BCUT2D eigenvalue weighted by molar-refractivity contribution is 0.198. The van der Waals surface area contributed by atoms with Crippen molar-refractivity contribution in [2.45, 2.75) is 38.2 Å². The normalized spacial score (nSPS) is 13.1. The van der Waals surface area contributed by atoms with Crippen LogP contribution in [0, 0.1) is 5.92 Å². The van der Waals surface area contributed by atoms with E-state index in [1.165, 1.54) is 11.3 Å². The fourth-order valence-corrected chi connectivity index (χ4v) is 3.40. The first-order valence-electron chi connectivity index (χ1n) is 5.61. The molecule has 3 heteroatoms. The zero-order valence-corrected chi connectivity index (χ0v) is 12.4. The lowest BCUT2D eigenvalue weighted by atomic mass is 10.1. The van der Waals surface area contributed by atoms with Crippen LogP contribution < -0.4 is 0 Å². The van der Waals surface area contributed by atoms with Crippen molar-refractivity contribution in [3.05, 3.63) is 28.2 Å². The Balaban J connectivity index is 2.59. The van der Waals surface area contributed by atoms with Crippen LogP contribution in [0.3, 0.4) is 0 Å². The molecule has 1 rings (SSSR count). The van der Waals surface area contributed by atoms with E-state index in [4.69, 9.17) is 0 Å². The number of rotatable bonds is 5. The summed E-state index contributed by atoms with van der Waals surface area (Å²) in [5.74, 6) is 1.91. The van der Waals surface area contributed by atoms with Gasteiger partial charge in [-0.2, -0.15) is 0 Å². The highest BCUT2D eigenvalue weighted by atomic mass is 79.9. The summed E-state index contributed by atoms with van der Waals surface area (Å²) in [6, 6.07) is 6.16. The molecule has 90 valence electrons. The van der Waals surface area contributed by atoms with Gasteiger partial charge in [0.2, 0.25) is 0 Å². The van der Waals surface area contributed by atoms with Gasteiger partial charge < -0.3 is 5.11 Å². The van der Waals surface area contributed by atoms with Gasteiger partial charge in [0.1, 0.15) is 0 Å². The molecule has 0 saturated carbocycles. The Morgan fingerprint density at radius 3 is 2.50 bits per heavy atom. The maximum atomic E-state index is 9.51. The monoisotopic (exact) mass is 302 g/mol. The van der Waals surface area contributed by atoms with Gasteiger partial charge in [-0.05, 0) is 42.7 Å². The van der Waals surface area contributed by atoms with Crippen molar-refractivity contribution < 1.29 is 5.11 Å². The van der Waals surface area contributed by atoms with Crippen molar-refractivity contribution in [1.29, 1.82) is 0 Å². The summed E-state index contributed by atoms with van der Waals surface area (Å²) in [6.45, 7) is 6.27. The van der Waals surface area contributed by atoms with E-state index in [9.17, 15) is 5.11 Å². The van der Waals surface area contributed by atoms with E-state index >= 15 is 0 Å². The highest BCUT2D eigenvalue weighted by molar-refractivity contribution is 9.10. The van der Waals surface area contributed by atoms with Crippen molar-refractivity contribution in [1.82, 2.24) is 0 Å². The first kappa shape index (κ1) is 14.1. The van der Waals surface area contributed by atoms with Crippen LogP contribution in [0.4, 0.5) is 0 Å². The number of aliphatic hydroxyl groups is 1. The molecule has 1 nitrogen and oxygen atoms in total. The Morgan fingerprint density at radius 2 is 2.00 bits per heavy atom. The first-order chi connectivity index (χ1) is 7.50. The standard InChI is InChI=1S/C13H19BrOS/c1-9(2)6-7-16-11-4-5-12(10(3)15)13(14)8-11/h4-5,8-10,15H,6-7H2,1-3H3/t10-/m1/s1. The minimum Gasteiger partial charge on any atom is -0.389 e. The number of halogens is 1. The van der Waals surface area contributed by atoms with E-state index in [0.717, 1.165) is 21.7 Å². The van der Waals surface area contributed by atoms with E-state index in [1.54, 1.807) is 6.92 Å². The highest BCUT2D eigenvalue weighted by Gasteiger charge is 2.06. The lowest BCUT2D eigenvalue weighted by Gasteiger charge is -2.10. The van der Waals surface area contributed by atoms with Gasteiger partial charge in [-0.1, -0.05) is 35.8 Å². The van der Waals surface area contributed by atoms with Crippen LogP contribution in [0.2, 0.25) is 0 Å². The second-order valence-corrected chi connectivity index (χ2v) is 6.41. The average Bonchev–Trinajstić information content (AvgIpc) is 2.16. The fraction of sp³-hybridized carbons (Fsp3) is 0.538. The zero-order valence-electron chi connectivity index (χ0n) is 10.0. The van der Waals surface area contributed by atoms with Crippen molar-refractivity contribution in [2.24, 2.45) is 5.92 Å². The lowest BCUT2D eigenvalue weighted by Crippen LogP contribution is -1.93. The minimum absolute atomic E-state index is 0.413. The molecular formula is C13H19BrOS. The number of thioether (sulfide) groups is 1. The molecule has 16 heavy (non-hydrogen) atoms. The van der Waals surface area contributed by atoms with Gasteiger partial charge in [0.25, 0.3) is 0 Å². The molecule has 1 N–H and O–H groups in total. The summed E-state index contributed by atoms with van der Waals surface area (Å²) in [5.41, 5.74) is 0.952. The molecule has 0 saturated heterocycles. The average molecular weight is 303 g/mol. The molecule has 0 aromatic heterocycles. The first-order valence-corrected chi connectivity index (χ1v) is 7.39. The predicted molar refractivity (Wildman–Crippen MR) is 75.0 cm³/mol. The fourth-order valence-electron chi connectivity index (χ4n) is 1.35. The predicted octanol–water partition coefficient (Wildman–Crippen LogP) is 4.64. The van der Waals surface area contributed by atoms with Crippen LogP contribution in [0.15, 0.2) is 27.6 Å². The van der Waals surface area contributed by atoms with Gasteiger partial charge in [-0.25, -0.2) is 0 Å². The Labute approximate surface area is 111 Å². The van der Waals surface area contributed by atoms with Crippen LogP contribution in [0.25, 0.3) is 0 Å². The third-order valence-electron chi connectivity index (χ3n) is 2.39. The van der Waals surface area contributed by atoms with E-state index in [1.807, 2.05) is 17.8 Å². The Morgan fingerprint density at radius 1 is 1.31 bits per heavy atom. The molecule has 0 amide bonds. The number of aliphatic hydroxyl groups excluding tert-OH is 1. The third kappa shape index (κ3) is 4.48. The quantitative estimate of drug-likeness (QED) is 0.800. The molecule has 1 atom stereocenters. The maximum Gasteiger partial charge on any atom is 0.0772 e. The van der Waals surface area contributed by atoms with Crippen LogP contribution in [-0.4, -0.2) is 10.9 Å². The summed E-state index contributed by atoms with van der Waals surface area (Å²) in [4.78, 5) is 1.26. The minimum atomic E-state index is -0.413. The van der Waals surface area contributed by atoms with Crippen LogP contribution in [-0.2, 0) is 0 Å². The van der Waals surface area contributed by atoms with Crippen molar-refractivity contribution in [2.75, 3.05) is 5.75 Å². The SMILES string of the molecule is CC(C)CCSc1ccc([C@@H](C)O)c(Br)c1. The third-order valence-corrected chi connectivity index (χ3v) is 4.10.